The SMILES string of the molecule is Nc1c(C(=O)NCc2ccc(F)cc2)sc2nc(-c3cccs3)cc(C(F)(F)F)c12. The molecule has 0 saturated carbocycles. The van der Waals surface area contributed by atoms with Gasteiger partial charge in [0, 0.05) is 11.9 Å². The summed E-state index contributed by atoms with van der Waals surface area (Å²) in [7, 11) is 0. The van der Waals surface area contributed by atoms with Gasteiger partial charge in [-0.15, -0.1) is 22.7 Å². The maximum absolute atomic E-state index is 13.7. The number of pyridine rings is 1. The predicted octanol–water partition coefficient (Wildman–Crippen LogP) is 5.69. The number of nitrogens with two attached hydrogens (primary N) is 1. The fourth-order valence-corrected chi connectivity index (χ4v) is 4.65. The zero-order valence-corrected chi connectivity index (χ0v) is 16.7. The Morgan fingerprint density at radius 2 is 1.90 bits per heavy atom. The predicted molar refractivity (Wildman–Crippen MR) is 110 cm³/mol. The van der Waals surface area contributed by atoms with Gasteiger partial charge in [0.1, 0.15) is 15.5 Å². The molecule has 1 aromatic carbocycles. The number of anilines is 1. The van der Waals surface area contributed by atoms with Gasteiger partial charge >= 0.3 is 6.18 Å². The maximum atomic E-state index is 13.7. The van der Waals surface area contributed by atoms with Crippen LogP contribution in [-0.2, 0) is 12.7 Å². The second-order valence-corrected chi connectivity index (χ2v) is 8.31. The summed E-state index contributed by atoms with van der Waals surface area (Å²) in [5, 5.41) is 4.06. The maximum Gasteiger partial charge on any atom is 0.417 e. The van der Waals surface area contributed by atoms with Gasteiger partial charge in [0.25, 0.3) is 5.91 Å². The minimum absolute atomic E-state index is 0.0395. The Balaban J connectivity index is 1.73. The number of nitrogens with zero attached hydrogens (tertiary/aromatic N) is 1. The molecule has 0 bridgehead atoms. The van der Waals surface area contributed by atoms with Crippen LogP contribution in [0, 0.1) is 5.82 Å². The Morgan fingerprint density at radius 1 is 1.17 bits per heavy atom. The Morgan fingerprint density at radius 3 is 2.53 bits per heavy atom. The molecule has 0 aliphatic rings. The van der Waals surface area contributed by atoms with Gasteiger partial charge in [-0.2, -0.15) is 13.2 Å². The molecule has 3 aromatic heterocycles. The van der Waals surface area contributed by atoms with Crippen molar-refractivity contribution in [1.82, 2.24) is 10.3 Å². The molecule has 4 rings (SSSR count). The second-order valence-electron chi connectivity index (χ2n) is 6.36. The molecule has 0 unspecified atom stereocenters. The lowest BCUT2D eigenvalue weighted by Crippen LogP contribution is -2.22. The number of hydrogen-bond donors (Lipinski definition) is 2. The third-order valence-corrected chi connectivity index (χ3v) is 6.34. The van der Waals surface area contributed by atoms with Crippen molar-refractivity contribution in [2.45, 2.75) is 12.7 Å². The number of halogens is 4. The molecule has 4 aromatic rings. The Kier molecular flexibility index (Phi) is 5.20. The van der Waals surface area contributed by atoms with Gasteiger partial charge in [0.05, 0.1) is 21.8 Å². The highest BCUT2D eigenvalue weighted by molar-refractivity contribution is 7.21. The van der Waals surface area contributed by atoms with Gasteiger partial charge in [-0.25, -0.2) is 9.37 Å². The molecule has 0 aliphatic carbocycles. The van der Waals surface area contributed by atoms with Crippen LogP contribution in [-0.4, -0.2) is 10.9 Å². The molecule has 0 aliphatic heterocycles. The lowest BCUT2D eigenvalue weighted by molar-refractivity contribution is -0.136. The van der Waals surface area contributed by atoms with Gasteiger partial charge < -0.3 is 11.1 Å². The number of carbonyl (C=O) groups is 1. The molecule has 4 nitrogen and oxygen atoms in total. The van der Waals surface area contributed by atoms with Crippen LogP contribution in [0.1, 0.15) is 20.8 Å². The van der Waals surface area contributed by atoms with Crippen molar-refractivity contribution in [3.8, 4) is 10.6 Å². The van der Waals surface area contributed by atoms with Crippen molar-refractivity contribution in [1.29, 1.82) is 0 Å². The summed E-state index contributed by atoms with van der Waals surface area (Å²) in [6.45, 7) is 0.0762. The van der Waals surface area contributed by atoms with E-state index in [1.54, 1.807) is 17.5 Å². The Bertz CT molecular complexity index is 1220. The Hall–Kier alpha value is -2.98. The topological polar surface area (TPSA) is 68.0 Å². The summed E-state index contributed by atoms with van der Waals surface area (Å²) in [6, 6.07) is 9.85. The fourth-order valence-electron chi connectivity index (χ4n) is 2.93. The molecule has 0 saturated heterocycles. The van der Waals surface area contributed by atoms with Gasteiger partial charge in [-0.05, 0) is 35.2 Å². The van der Waals surface area contributed by atoms with Crippen LogP contribution in [0.25, 0.3) is 20.8 Å². The van der Waals surface area contributed by atoms with Gasteiger partial charge in [-0.1, -0.05) is 18.2 Å². The zero-order valence-electron chi connectivity index (χ0n) is 15.1. The molecule has 1 amide bonds. The normalized spacial score (nSPS) is 11.7. The average Bonchev–Trinajstić information content (AvgIpc) is 3.34. The van der Waals surface area contributed by atoms with Crippen LogP contribution in [0.2, 0.25) is 0 Å². The number of benzene rings is 1. The first-order valence-electron chi connectivity index (χ1n) is 8.61. The van der Waals surface area contributed by atoms with Crippen LogP contribution in [0.5, 0.6) is 0 Å². The quantitative estimate of drug-likeness (QED) is 0.392. The third kappa shape index (κ3) is 3.88. The second kappa shape index (κ2) is 7.69. The number of nitrogens with one attached hydrogen (secondary N) is 1. The highest BCUT2D eigenvalue weighted by Crippen LogP contribution is 2.43. The van der Waals surface area contributed by atoms with Crippen molar-refractivity contribution in [2.24, 2.45) is 0 Å². The lowest BCUT2D eigenvalue weighted by Gasteiger charge is -2.10. The molecule has 30 heavy (non-hydrogen) atoms. The van der Waals surface area contributed by atoms with Crippen molar-refractivity contribution in [3.63, 3.8) is 0 Å². The number of amides is 1. The number of hydrogen-bond acceptors (Lipinski definition) is 5. The molecular weight excluding hydrogens is 438 g/mol. The monoisotopic (exact) mass is 451 g/mol. The summed E-state index contributed by atoms with van der Waals surface area (Å²) in [6.07, 6.45) is -4.66. The summed E-state index contributed by atoms with van der Waals surface area (Å²) < 4.78 is 54.2. The van der Waals surface area contributed by atoms with E-state index in [1.807, 2.05) is 0 Å². The minimum Gasteiger partial charge on any atom is -0.397 e. The van der Waals surface area contributed by atoms with Crippen LogP contribution in [0.15, 0.2) is 47.8 Å². The summed E-state index contributed by atoms with van der Waals surface area (Å²) in [5.41, 5.74) is 5.58. The van der Waals surface area contributed by atoms with Crippen LogP contribution >= 0.6 is 22.7 Å². The van der Waals surface area contributed by atoms with Crippen molar-refractivity contribution < 1.29 is 22.4 Å². The zero-order chi connectivity index (χ0) is 21.5. The van der Waals surface area contributed by atoms with Gasteiger partial charge in [0.15, 0.2) is 0 Å². The average molecular weight is 451 g/mol. The molecule has 0 radical (unpaired) electrons. The van der Waals surface area contributed by atoms with Crippen LogP contribution < -0.4 is 11.1 Å². The van der Waals surface area contributed by atoms with E-state index in [4.69, 9.17) is 5.73 Å². The number of rotatable bonds is 4. The van der Waals surface area contributed by atoms with E-state index in [-0.39, 0.29) is 33.0 Å². The molecule has 0 fully saturated rings. The van der Waals surface area contributed by atoms with E-state index < -0.39 is 23.5 Å². The van der Waals surface area contributed by atoms with Gasteiger partial charge in [0.2, 0.25) is 0 Å². The van der Waals surface area contributed by atoms with Crippen LogP contribution in [0.4, 0.5) is 23.2 Å². The van der Waals surface area contributed by atoms with Crippen LogP contribution in [0.3, 0.4) is 0 Å². The van der Waals surface area contributed by atoms with E-state index in [0.717, 1.165) is 17.4 Å². The van der Waals surface area contributed by atoms with E-state index >= 15 is 0 Å². The van der Waals surface area contributed by atoms with Crippen molar-refractivity contribution in [3.05, 3.63) is 69.7 Å². The molecule has 154 valence electrons. The molecule has 10 heteroatoms. The fraction of sp³-hybridized carbons (Fsp3) is 0.100. The van der Waals surface area contributed by atoms with Gasteiger partial charge in [-0.3, -0.25) is 4.79 Å². The molecule has 0 atom stereocenters. The summed E-state index contributed by atoms with van der Waals surface area (Å²) >= 11 is 2.07. The smallest absolute Gasteiger partial charge is 0.397 e. The van der Waals surface area contributed by atoms with E-state index in [9.17, 15) is 22.4 Å². The first kappa shape index (κ1) is 20.3. The number of carbonyl (C=O) groups excluding carboxylic acids is 1. The lowest BCUT2D eigenvalue weighted by atomic mass is 10.1. The molecule has 0 spiro atoms. The van der Waals surface area contributed by atoms with Crippen molar-refractivity contribution in [2.75, 3.05) is 5.73 Å². The largest absolute Gasteiger partial charge is 0.417 e. The van der Waals surface area contributed by atoms with Crippen molar-refractivity contribution >= 4 is 44.5 Å². The standard InChI is InChI=1S/C20H13F4N3OS2/c21-11-5-3-10(4-6-11)9-26-18(28)17-16(25)15-12(20(22,23)24)8-13(27-19(15)30-17)14-2-1-7-29-14/h1-8H,9,25H2,(H,26,28). The molecular formula is C20H13F4N3OS2. The molecule has 3 N–H and O–H groups in total. The number of thiophene rings is 2. The first-order chi connectivity index (χ1) is 14.2. The number of aromatic nitrogens is 1. The number of fused-ring (bicyclic) bond motifs is 1. The van der Waals surface area contributed by atoms with E-state index in [1.165, 1.54) is 35.6 Å². The molecule has 3 heterocycles. The third-order valence-electron chi connectivity index (χ3n) is 4.35. The summed E-state index contributed by atoms with van der Waals surface area (Å²) in [5.74, 6) is -1.03. The minimum atomic E-state index is -4.66. The Labute approximate surface area is 176 Å². The number of nitrogen functional groups attached to an aromatic ring is 1. The summed E-state index contributed by atoms with van der Waals surface area (Å²) in [4.78, 5) is 17.5. The first-order valence-corrected chi connectivity index (χ1v) is 10.3. The number of alkyl halides is 3. The van der Waals surface area contributed by atoms with E-state index in [0.29, 0.717) is 10.4 Å². The van der Waals surface area contributed by atoms with E-state index in [2.05, 4.69) is 10.3 Å². The highest BCUT2D eigenvalue weighted by Gasteiger charge is 2.36. The highest BCUT2D eigenvalue weighted by atomic mass is 32.1.